The molecule has 9 nitrogen and oxygen atoms in total. The lowest BCUT2D eigenvalue weighted by Crippen LogP contribution is -2.54. The van der Waals surface area contributed by atoms with E-state index in [0.717, 1.165) is 11.5 Å². The molecule has 0 saturated carbocycles. The van der Waals surface area contributed by atoms with Gasteiger partial charge in [0.1, 0.15) is 0 Å². The van der Waals surface area contributed by atoms with E-state index in [2.05, 4.69) is 15.2 Å². The Labute approximate surface area is 202 Å². The van der Waals surface area contributed by atoms with Gasteiger partial charge >= 0.3 is 0 Å². The van der Waals surface area contributed by atoms with Crippen molar-refractivity contribution in [2.45, 2.75) is 33.4 Å². The highest BCUT2D eigenvalue weighted by Crippen LogP contribution is 2.26. The van der Waals surface area contributed by atoms with Crippen LogP contribution in [-0.2, 0) is 21.3 Å². The summed E-state index contributed by atoms with van der Waals surface area (Å²) in [6, 6.07) is 5.20. The fraction of sp³-hybridized carbons (Fsp3) is 0.650. The minimum Gasteiger partial charge on any atom is -0.504 e. The van der Waals surface area contributed by atoms with Crippen LogP contribution in [0.5, 0.6) is 11.5 Å². The van der Waals surface area contributed by atoms with E-state index in [-0.39, 0.29) is 48.2 Å². The average Bonchev–Trinajstić information content (AvgIpc) is 2.71. The number of guanidine groups is 1. The molecule has 1 aromatic carbocycles. The summed E-state index contributed by atoms with van der Waals surface area (Å²) in [5.41, 5.74) is 0.857. The third-order valence-electron chi connectivity index (χ3n) is 4.71. The third kappa shape index (κ3) is 8.62. The first-order valence-electron chi connectivity index (χ1n) is 10.3. The Balaban J connectivity index is 0.00000480. The van der Waals surface area contributed by atoms with Gasteiger partial charge in [0.25, 0.3) is 0 Å². The first kappa shape index (κ1) is 27.7. The lowest BCUT2D eigenvalue weighted by molar-refractivity contribution is 0.0904. The molecule has 0 amide bonds. The second-order valence-corrected chi connectivity index (χ2v) is 9.39. The fourth-order valence-electron chi connectivity index (χ4n) is 3.12. The van der Waals surface area contributed by atoms with Crippen LogP contribution in [0.2, 0.25) is 0 Å². The van der Waals surface area contributed by atoms with E-state index in [0.29, 0.717) is 45.0 Å². The number of phenolic OH excluding ortho intramolecular Hbond substituents is 1. The van der Waals surface area contributed by atoms with Crippen molar-refractivity contribution >= 4 is 40.0 Å². The van der Waals surface area contributed by atoms with E-state index >= 15 is 0 Å². The highest BCUT2D eigenvalue weighted by molar-refractivity contribution is 14.0. The molecule has 2 N–H and O–H groups in total. The number of hydrogen-bond donors (Lipinski definition) is 2. The molecular weight excluding hydrogens is 535 g/mol. The number of methoxy groups -OCH3 is 1. The lowest BCUT2D eigenvalue weighted by Gasteiger charge is -2.36. The van der Waals surface area contributed by atoms with Gasteiger partial charge in [0, 0.05) is 32.7 Å². The van der Waals surface area contributed by atoms with Crippen LogP contribution in [0.25, 0.3) is 0 Å². The van der Waals surface area contributed by atoms with Gasteiger partial charge in [0.05, 0.1) is 32.1 Å². The van der Waals surface area contributed by atoms with Gasteiger partial charge in [-0.3, -0.25) is 0 Å². The van der Waals surface area contributed by atoms with E-state index in [9.17, 15) is 13.5 Å². The second-order valence-electron chi connectivity index (χ2n) is 7.30. The molecule has 1 saturated heterocycles. The van der Waals surface area contributed by atoms with Gasteiger partial charge < -0.3 is 24.8 Å². The van der Waals surface area contributed by atoms with Crippen LogP contribution in [0.4, 0.5) is 0 Å². The number of halogens is 1. The molecule has 2 rings (SSSR count). The van der Waals surface area contributed by atoms with Gasteiger partial charge in [-0.2, -0.15) is 4.31 Å². The summed E-state index contributed by atoms with van der Waals surface area (Å²) < 4.78 is 37.0. The van der Waals surface area contributed by atoms with Gasteiger partial charge in [-0.05, 0) is 38.5 Å². The number of hydrogen-bond acceptors (Lipinski definition) is 6. The highest BCUT2D eigenvalue weighted by atomic mass is 127. The predicted octanol–water partition coefficient (Wildman–Crippen LogP) is 1.86. The molecule has 0 aromatic heterocycles. The van der Waals surface area contributed by atoms with Crippen molar-refractivity contribution in [1.29, 1.82) is 0 Å². The number of piperazine rings is 1. The highest BCUT2D eigenvalue weighted by Gasteiger charge is 2.28. The number of aromatic hydroxyl groups is 1. The van der Waals surface area contributed by atoms with E-state index in [1.54, 1.807) is 12.1 Å². The first-order valence-corrected chi connectivity index (χ1v) is 11.9. The maximum Gasteiger partial charge on any atom is 0.216 e. The minimum absolute atomic E-state index is 0. The Morgan fingerprint density at radius 1 is 1.26 bits per heavy atom. The molecule has 0 radical (unpaired) electrons. The van der Waals surface area contributed by atoms with Crippen LogP contribution in [0.3, 0.4) is 0 Å². The number of benzene rings is 1. The molecule has 0 bridgehead atoms. The first-order chi connectivity index (χ1) is 14.3. The summed E-state index contributed by atoms with van der Waals surface area (Å²) in [6.45, 7) is 9.02. The van der Waals surface area contributed by atoms with Crippen LogP contribution in [-0.4, -0.2) is 87.0 Å². The number of aliphatic imine (C=N–C) groups is 1. The van der Waals surface area contributed by atoms with Crippen molar-refractivity contribution in [3.05, 3.63) is 23.8 Å². The molecule has 0 unspecified atom stereocenters. The molecular formula is C20H35IN4O5S. The number of nitrogens with one attached hydrogen (secondary N) is 1. The van der Waals surface area contributed by atoms with Crippen molar-refractivity contribution in [3.8, 4) is 11.5 Å². The van der Waals surface area contributed by atoms with Gasteiger partial charge in [-0.15, -0.1) is 24.0 Å². The average molecular weight is 570 g/mol. The van der Waals surface area contributed by atoms with Gasteiger partial charge in [0.15, 0.2) is 17.5 Å². The molecule has 0 aliphatic carbocycles. The van der Waals surface area contributed by atoms with E-state index in [1.807, 2.05) is 26.8 Å². The lowest BCUT2D eigenvalue weighted by atomic mass is 10.2. The Kier molecular flexibility index (Phi) is 11.9. The van der Waals surface area contributed by atoms with Gasteiger partial charge in [-0.25, -0.2) is 13.4 Å². The van der Waals surface area contributed by atoms with E-state index < -0.39 is 10.0 Å². The zero-order chi connectivity index (χ0) is 22.1. The number of sulfonamides is 1. The summed E-state index contributed by atoms with van der Waals surface area (Å²) in [6.07, 6.45) is 0.0172. The van der Waals surface area contributed by atoms with Crippen molar-refractivity contribution < 1.29 is 23.0 Å². The van der Waals surface area contributed by atoms with Gasteiger partial charge in [-0.1, -0.05) is 6.07 Å². The maximum absolute atomic E-state index is 12.5. The Hall–Kier alpha value is -1.31. The minimum atomic E-state index is -3.33. The topological polar surface area (TPSA) is 104 Å². The SMILES string of the molecule is CCNC(=NCc1ccc(OC)c(O)c1)N1CCN(S(=O)(=O)CCOC(C)C)CC1.I. The normalized spacial score (nSPS) is 15.6. The summed E-state index contributed by atoms with van der Waals surface area (Å²) in [5, 5.41) is 13.2. The monoisotopic (exact) mass is 570 g/mol. The number of rotatable bonds is 9. The summed E-state index contributed by atoms with van der Waals surface area (Å²) >= 11 is 0. The number of ether oxygens (including phenoxy) is 2. The van der Waals surface area contributed by atoms with Crippen LogP contribution < -0.4 is 10.1 Å². The third-order valence-corrected chi connectivity index (χ3v) is 6.55. The molecule has 1 fully saturated rings. The van der Waals surface area contributed by atoms with Gasteiger partial charge in [0.2, 0.25) is 10.0 Å². The molecule has 0 atom stereocenters. The maximum atomic E-state index is 12.5. The Bertz CT molecular complexity index is 812. The van der Waals surface area contributed by atoms with Crippen molar-refractivity contribution in [2.75, 3.05) is 52.2 Å². The quantitative estimate of drug-likeness (QED) is 0.266. The summed E-state index contributed by atoms with van der Waals surface area (Å²) in [4.78, 5) is 6.71. The van der Waals surface area contributed by atoms with Crippen LogP contribution in [0, 0.1) is 0 Å². The molecule has 1 aliphatic heterocycles. The van der Waals surface area contributed by atoms with Crippen molar-refractivity contribution in [1.82, 2.24) is 14.5 Å². The van der Waals surface area contributed by atoms with Crippen LogP contribution >= 0.6 is 24.0 Å². The van der Waals surface area contributed by atoms with Crippen LogP contribution in [0.15, 0.2) is 23.2 Å². The molecule has 1 aromatic rings. The fourth-order valence-corrected chi connectivity index (χ4v) is 4.41. The summed E-state index contributed by atoms with van der Waals surface area (Å²) in [7, 11) is -1.82. The largest absolute Gasteiger partial charge is 0.504 e. The zero-order valence-electron chi connectivity index (χ0n) is 18.7. The van der Waals surface area contributed by atoms with Crippen LogP contribution in [0.1, 0.15) is 26.3 Å². The second kappa shape index (κ2) is 13.3. The van der Waals surface area contributed by atoms with E-state index in [4.69, 9.17) is 9.47 Å². The Morgan fingerprint density at radius 3 is 2.48 bits per heavy atom. The standard InChI is InChI=1S/C20H34N4O5S.HI/c1-5-21-20(22-15-17-6-7-19(28-4)18(25)14-17)23-8-10-24(11-9-23)30(26,27)13-12-29-16(2)3;/h6-7,14,16,25H,5,8-13,15H2,1-4H3,(H,21,22);1H. The Morgan fingerprint density at radius 2 is 1.94 bits per heavy atom. The molecule has 1 aliphatic rings. The summed E-state index contributed by atoms with van der Waals surface area (Å²) in [5.74, 6) is 1.23. The molecule has 11 heteroatoms. The predicted molar refractivity (Wildman–Crippen MR) is 133 cm³/mol. The van der Waals surface area contributed by atoms with Crippen molar-refractivity contribution in [2.24, 2.45) is 4.99 Å². The van der Waals surface area contributed by atoms with E-state index in [1.165, 1.54) is 11.4 Å². The molecule has 1 heterocycles. The molecule has 178 valence electrons. The number of nitrogens with zero attached hydrogens (tertiary/aromatic N) is 3. The zero-order valence-corrected chi connectivity index (χ0v) is 21.9. The number of phenols is 1. The molecule has 31 heavy (non-hydrogen) atoms. The molecule has 0 spiro atoms. The smallest absolute Gasteiger partial charge is 0.216 e. The van der Waals surface area contributed by atoms with Crippen molar-refractivity contribution in [3.63, 3.8) is 0 Å².